The van der Waals surface area contributed by atoms with Gasteiger partial charge in [0.2, 0.25) is 0 Å². The summed E-state index contributed by atoms with van der Waals surface area (Å²) in [4.78, 5) is 1.46. The van der Waals surface area contributed by atoms with Crippen molar-refractivity contribution in [2.24, 2.45) is 0 Å². The molecule has 0 radical (unpaired) electrons. The summed E-state index contributed by atoms with van der Waals surface area (Å²) < 4.78 is 0. The third-order valence-electron chi connectivity index (χ3n) is 7.27. The van der Waals surface area contributed by atoms with Crippen LogP contribution >= 0.6 is 19.0 Å². The number of benzene rings is 4. The van der Waals surface area contributed by atoms with Crippen LogP contribution in [-0.4, -0.2) is 5.75 Å². The summed E-state index contributed by atoms with van der Waals surface area (Å²) in [6.07, 6.45) is 1.23. The van der Waals surface area contributed by atoms with Crippen LogP contribution in [0, 0.1) is 0 Å². The predicted molar refractivity (Wildman–Crippen MR) is 148 cm³/mol. The molecule has 1 heterocycles. The topological polar surface area (TPSA) is 0 Å². The van der Waals surface area contributed by atoms with E-state index >= 15 is 0 Å². The average Bonchev–Trinajstić information content (AvgIpc) is 2.86. The molecule has 0 saturated heterocycles. The third kappa shape index (κ3) is 4.41. The lowest BCUT2D eigenvalue weighted by Crippen LogP contribution is -3.00. The highest BCUT2D eigenvalue weighted by molar-refractivity contribution is 7.99. The Morgan fingerprint density at radius 2 is 1.18 bits per heavy atom. The van der Waals surface area contributed by atoms with Gasteiger partial charge in [-0.2, -0.15) is 0 Å². The van der Waals surface area contributed by atoms with Crippen LogP contribution in [-0.2, 0) is 5.41 Å². The first-order valence-corrected chi connectivity index (χ1v) is 14.7. The molecule has 0 bridgehead atoms. The van der Waals surface area contributed by atoms with E-state index in [2.05, 4.69) is 130 Å². The van der Waals surface area contributed by atoms with Crippen LogP contribution in [0.15, 0.2) is 114 Å². The summed E-state index contributed by atoms with van der Waals surface area (Å²) >= 11 is 2.02. The molecule has 0 aliphatic carbocycles. The van der Waals surface area contributed by atoms with Gasteiger partial charge >= 0.3 is 0 Å². The zero-order valence-electron chi connectivity index (χ0n) is 20.1. The summed E-state index contributed by atoms with van der Waals surface area (Å²) in [5, 5.41) is 4.34. The second-order valence-electron chi connectivity index (χ2n) is 9.64. The predicted octanol–water partition coefficient (Wildman–Crippen LogP) is 4.52. The van der Waals surface area contributed by atoms with Crippen LogP contribution in [0.3, 0.4) is 0 Å². The van der Waals surface area contributed by atoms with Crippen molar-refractivity contribution in [3.8, 4) is 0 Å². The summed E-state index contributed by atoms with van der Waals surface area (Å²) in [6, 6.07) is 41.1. The molecule has 174 valence electrons. The molecule has 0 nitrogen and oxygen atoms in total. The first-order chi connectivity index (χ1) is 16.0. The molecule has 4 aromatic carbocycles. The summed E-state index contributed by atoms with van der Waals surface area (Å²) in [7, 11) is -1.95. The molecule has 0 saturated carbocycles. The normalized spacial score (nSPS) is 15.6. The molecule has 1 aliphatic rings. The summed E-state index contributed by atoms with van der Waals surface area (Å²) in [5.74, 6) is 1.21. The fourth-order valence-corrected chi connectivity index (χ4v) is 11.6. The Labute approximate surface area is 220 Å². The molecule has 34 heavy (non-hydrogen) atoms. The van der Waals surface area contributed by atoms with E-state index in [-0.39, 0.29) is 22.4 Å². The largest absolute Gasteiger partial charge is 1.00 e. The highest BCUT2D eigenvalue weighted by Gasteiger charge is 2.51. The lowest BCUT2D eigenvalue weighted by atomic mass is 9.81. The fourth-order valence-electron chi connectivity index (χ4n) is 5.34. The van der Waals surface area contributed by atoms with E-state index in [1.807, 2.05) is 11.8 Å². The molecule has 3 heteroatoms. The second kappa shape index (κ2) is 10.4. The number of thioether (sulfide) groups is 1. The summed E-state index contributed by atoms with van der Waals surface area (Å²) in [6.45, 7) is 7.29. The number of halogens is 1. The minimum atomic E-state index is -1.95. The first-order valence-electron chi connectivity index (χ1n) is 11.9. The van der Waals surface area contributed by atoms with Gasteiger partial charge in [0.05, 0.1) is 0 Å². The maximum absolute atomic E-state index is 2.54. The van der Waals surface area contributed by atoms with Gasteiger partial charge < -0.3 is 17.0 Å². The van der Waals surface area contributed by atoms with Gasteiger partial charge in [-0.1, -0.05) is 80.6 Å². The quantitative estimate of drug-likeness (QED) is 0.332. The van der Waals surface area contributed by atoms with E-state index in [0.29, 0.717) is 5.66 Å². The molecule has 5 rings (SSSR count). The van der Waals surface area contributed by atoms with Gasteiger partial charge in [0.15, 0.2) is 0 Å². The maximum Gasteiger partial charge on any atom is 0.119 e. The van der Waals surface area contributed by atoms with Crippen LogP contribution < -0.4 is 32.9 Å². The lowest BCUT2D eigenvalue weighted by molar-refractivity contribution is -0.00000671. The van der Waals surface area contributed by atoms with Crippen molar-refractivity contribution in [3.63, 3.8) is 0 Å². The van der Waals surface area contributed by atoms with E-state index in [4.69, 9.17) is 0 Å². The molecule has 1 aliphatic heterocycles. The molecule has 1 atom stereocenters. The van der Waals surface area contributed by atoms with E-state index in [1.54, 1.807) is 0 Å². The number of rotatable bonds is 5. The number of fused-ring (bicyclic) bond motifs is 1. The van der Waals surface area contributed by atoms with Gasteiger partial charge in [0.1, 0.15) is 28.8 Å². The minimum absolute atomic E-state index is 0. The van der Waals surface area contributed by atoms with Gasteiger partial charge in [0.25, 0.3) is 0 Å². The van der Waals surface area contributed by atoms with Crippen molar-refractivity contribution in [2.45, 2.75) is 43.2 Å². The van der Waals surface area contributed by atoms with Crippen LogP contribution in [0.1, 0.15) is 44.0 Å². The standard InChI is InChI=1S/C31H32PS.BrH/c1-24(25-19-20-30-29(23-25)31(2,3)21-22-33-30)32(26-13-7-4-8-14-26,27-15-9-5-10-16-27)28-17-11-6-12-18-28;/h4-20,23-24H,21-22H2,1-3H3;1H/q+1;/p-1. The van der Waals surface area contributed by atoms with Crippen molar-refractivity contribution in [1.82, 2.24) is 0 Å². The van der Waals surface area contributed by atoms with Crippen molar-refractivity contribution >= 4 is 34.9 Å². The van der Waals surface area contributed by atoms with Crippen molar-refractivity contribution < 1.29 is 17.0 Å². The zero-order valence-corrected chi connectivity index (χ0v) is 23.4. The molecule has 0 N–H and O–H groups in total. The Balaban J connectivity index is 0.00000274. The Morgan fingerprint density at radius 1 is 0.706 bits per heavy atom. The lowest BCUT2D eigenvalue weighted by Gasteiger charge is -2.36. The average molecular weight is 548 g/mol. The van der Waals surface area contributed by atoms with Crippen molar-refractivity contribution in [3.05, 3.63) is 120 Å². The first kappa shape index (κ1) is 25.2. The van der Waals surface area contributed by atoms with Crippen LogP contribution in [0.25, 0.3) is 0 Å². The SMILES string of the molecule is CC(c1ccc2c(c1)C(C)(C)CCS2)[P+](c1ccccc1)(c1ccccc1)c1ccccc1.[Br-]. The molecule has 1 unspecified atom stereocenters. The van der Waals surface area contributed by atoms with E-state index in [0.717, 1.165) is 0 Å². The Kier molecular flexibility index (Phi) is 7.72. The zero-order chi connectivity index (χ0) is 22.9. The van der Waals surface area contributed by atoms with Crippen LogP contribution in [0.4, 0.5) is 0 Å². The van der Waals surface area contributed by atoms with Crippen molar-refractivity contribution in [2.75, 3.05) is 5.75 Å². The smallest absolute Gasteiger partial charge is 0.119 e. The number of hydrogen-bond donors (Lipinski definition) is 0. The van der Waals surface area contributed by atoms with Gasteiger partial charge in [-0.05, 0) is 78.1 Å². The molecular weight excluding hydrogens is 515 g/mol. The van der Waals surface area contributed by atoms with E-state index in [1.165, 1.54) is 44.1 Å². The summed E-state index contributed by atoms with van der Waals surface area (Å²) in [5.41, 5.74) is 3.56. The fraction of sp³-hybridized carbons (Fsp3) is 0.226. The highest BCUT2D eigenvalue weighted by Crippen LogP contribution is 2.66. The maximum atomic E-state index is 2.54. The third-order valence-corrected chi connectivity index (χ3v) is 13.1. The Bertz CT molecular complexity index is 1130. The van der Waals surface area contributed by atoms with E-state index in [9.17, 15) is 0 Å². The molecule has 0 aromatic heterocycles. The van der Waals surface area contributed by atoms with Gasteiger partial charge in [-0.25, -0.2) is 0 Å². The highest BCUT2D eigenvalue weighted by atomic mass is 79.9. The molecular formula is C31H32BrPS. The number of hydrogen-bond acceptors (Lipinski definition) is 1. The van der Waals surface area contributed by atoms with Crippen LogP contribution in [0.5, 0.6) is 0 Å². The second-order valence-corrected chi connectivity index (χ2v) is 14.5. The van der Waals surface area contributed by atoms with Gasteiger partial charge in [0, 0.05) is 4.90 Å². The van der Waals surface area contributed by atoms with Gasteiger partial charge in [-0.15, -0.1) is 11.8 Å². The monoisotopic (exact) mass is 546 g/mol. The van der Waals surface area contributed by atoms with Crippen LogP contribution in [0.2, 0.25) is 0 Å². The Hall–Kier alpha value is -1.86. The minimum Gasteiger partial charge on any atom is -1.00 e. The molecule has 0 fully saturated rings. The van der Waals surface area contributed by atoms with Crippen molar-refractivity contribution in [1.29, 1.82) is 0 Å². The molecule has 4 aromatic rings. The Morgan fingerprint density at radius 3 is 1.65 bits per heavy atom. The van der Waals surface area contributed by atoms with Gasteiger partial charge in [-0.3, -0.25) is 0 Å². The molecule has 0 spiro atoms. The molecule has 0 amide bonds. The van der Waals surface area contributed by atoms with E-state index < -0.39 is 7.26 Å².